The van der Waals surface area contributed by atoms with Gasteiger partial charge >= 0.3 is 0 Å². The number of aryl methyl sites for hydroxylation is 1. The minimum absolute atomic E-state index is 0.609. The Morgan fingerprint density at radius 1 is 0.706 bits per heavy atom. The van der Waals surface area contributed by atoms with Crippen LogP contribution in [0.25, 0.3) is 21.1 Å². The van der Waals surface area contributed by atoms with Crippen molar-refractivity contribution in [2.24, 2.45) is 0 Å². The normalized spacial score (nSPS) is 11.1. The number of aromatic nitrogens is 5. The van der Waals surface area contributed by atoms with Gasteiger partial charge in [0.1, 0.15) is 10.8 Å². The van der Waals surface area contributed by atoms with Gasteiger partial charge in [-0.05, 0) is 42.8 Å². The largest absolute Gasteiger partial charge is 0.284 e. The number of benzene rings is 1. The Kier molecular flexibility index (Phi) is 6.74. The fourth-order valence-electron chi connectivity index (χ4n) is 3.66. The second-order valence-corrected chi connectivity index (χ2v) is 9.07. The molecular weight excluding hydrogens is 440 g/mol. The summed E-state index contributed by atoms with van der Waals surface area (Å²) < 4.78 is 0. The van der Waals surface area contributed by atoms with Gasteiger partial charge in [-0.3, -0.25) is 9.88 Å². The lowest BCUT2D eigenvalue weighted by Crippen LogP contribution is -2.24. The summed E-state index contributed by atoms with van der Waals surface area (Å²) in [5.41, 5.74) is 5.28. The molecule has 0 amide bonds. The lowest BCUT2D eigenvalue weighted by atomic mass is 10.1. The molecule has 5 aromatic rings. The summed E-state index contributed by atoms with van der Waals surface area (Å²) in [4.78, 5) is 26.3. The average molecular weight is 465 g/mol. The molecule has 0 aliphatic heterocycles. The minimum atomic E-state index is 0.609. The highest BCUT2D eigenvalue weighted by Gasteiger charge is 2.13. The molecule has 0 saturated heterocycles. The van der Waals surface area contributed by atoms with E-state index in [0.717, 1.165) is 32.8 Å². The molecule has 7 heteroatoms. The molecule has 0 bridgehead atoms. The number of hydrogen-bond donors (Lipinski definition) is 0. The van der Waals surface area contributed by atoms with Crippen molar-refractivity contribution >= 4 is 11.3 Å². The van der Waals surface area contributed by atoms with Crippen LogP contribution in [0.4, 0.5) is 0 Å². The number of rotatable bonds is 8. The van der Waals surface area contributed by atoms with Crippen LogP contribution in [0.15, 0.2) is 91.5 Å². The van der Waals surface area contributed by atoms with Crippen molar-refractivity contribution in [1.29, 1.82) is 0 Å². The molecule has 0 N–H and O–H groups in total. The van der Waals surface area contributed by atoms with Crippen molar-refractivity contribution in [3.8, 4) is 21.1 Å². The Hall–Kier alpha value is -3.81. The molecule has 0 atom stereocenters. The average Bonchev–Trinajstić information content (AvgIpc) is 3.36. The molecule has 0 saturated carbocycles. The van der Waals surface area contributed by atoms with E-state index in [2.05, 4.69) is 62.1 Å². The van der Waals surface area contributed by atoms with Crippen LogP contribution in [-0.2, 0) is 19.6 Å². The third-order valence-electron chi connectivity index (χ3n) is 5.35. The summed E-state index contributed by atoms with van der Waals surface area (Å²) in [5, 5.41) is 0.917. The van der Waals surface area contributed by atoms with E-state index in [1.54, 1.807) is 23.7 Å². The van der Waals surface area contributed by atoms with Crippen LogP contribution in [0.2, 0.25) is 0 Å². The molecule has 0 unspecified atom stereocenters. The van der Waals surface area contributed by atoms with Crippen LogP contribution >= 0.6 is 11.3 Å². The molecule has 0 fully saturated rings. The van der Waals surface area contributed by atoms with Crippen LogP contribution in [0, 0.1) is 6.92 Å². The first-order chi connectivity index (χ1) is 16.7. The number of nitrogens with zero attached hydrogens (tertiary/aromatic N) is 6. The van der Waals surface area contributed by atoms with E-state index < -0.39 is 0 Å². The summed E-state index contributed by atoms with van der Waals surface area (Å²) in [6.45, 7) is 4.04. The maximum atomic E-state index is 4.93. The Labute approximate surface area is 203 Å². The van der Waals surface area contributed by atoms with E-state index >= 15 is 0 Å². The van der Waals surface area contributed by atoms with Gasteiger partial charge in [0.25, 0.3) is 0 Å². The van der Waals surface area contributed by atoms with Crippen molar-refractivity contribution < 1.29 is 0 Å². The summed E-state index contributed by atoms with van der Waals surface area (Å²) in [6, 6.07) is 22.4. The zero-order chi connectivity index (χ0) is 23.2. The van der Waals surface area contributed by atoms with Gasteiger partial charge in [0.2, 0.25) is 0 Å². The highest BCUT2D eigenvalue weighted by atomic mass is 32.1. The molecule has 0 spiro atoms. The summed E-state index contributed by atoms with van der Waals surface area (Å²) in [5.74, 6) is 0.775. The van der Waals surface area contributed by atoms with Gasteiger partial charge < -0.3 is 0 Å². The number of thiazole rings is 1. The third kappa shape index (κ3) is 5.57. The predicted molar refractivity (Wildman–Crippen MR) is 135 cm³/mol. The van der Waals surface area contributed by atoms with E-state index in [-0.39, 0.29) is 0 Å². The molecule has 168 valence electrons. The van der Waals surface area contributed by atoms with E-state index in [1.165, 1.54) is 11.1 Å². The Morgan fingerprint density at radius 2 is 1.47 bits per heavy atom. The molecule has 34 heavy (non-hydrogen) atoms. The quantitative estimate of drug-likeness (QED) is 0.299. The Balaban J connectivity index is 1.37. The van der Waals surface area contributed by atoms with E-state index in [0.29, 0.717) is 19.6 Å². The van der Waals surface area contributed by atoms with Crippen molar-refractivity contribution in [3.63, 3.8) is 0 Å². The molecule has 0 radical (unpaired) electrons. The first kappa shape index (κ1) is 22.0. The van der Waals surface area contributed by atoms with Crippen molar-refractivity contribution in [3.05, 3.63) is 114 Å². The van der Waals surface area contributed by atoms with Crippen molar-refractivity contribution in [2.75, 3.05) is 0 Å². The molecule has 4 heterocycles. The Bertz CT molecular complexity index is 1300. The van der Waals surface area contributed by atoms with Crippen LogP contribution < -0.4 is 0 Å². The first-order valence-electron chi connectivity index (χ1n) is 11.1. The maximum Gasteiger partial charge on any atom is 0.142 e. The molecule has 4 aromatic heterocycles. The predicted octanol–water partition coefficient (Wildman–Crippen LogP) is 5.57. The van der Waals surface area contributed by atoms with Crippen LogP contribution in [0.5, 0.6) is 0 Å². The van der Waals surface area contributed by atoms with E-state index in [1.807, 2.05) is 48.8 Å². The van der Waals surface area contributed by atoms with Crippen LogP contribution in [0.3, 0.4) is 0 Å². The van der Waals surface area contributed by atoms with Gasteiger partial charge in [0.05, 0.1) is 28.5 Å². The topological polar surface area (TPSA) is 67.7 Å². The fourth-order valence-corrected chi connectivity index (χ4v) is 4.55. The summed E-state index contributed by atoms with van der Waals surface area (Å²) in [7, 11) is 0. The van der Waals surface area contributed by atoms with Gasteiger partial charge in [-0.2, -0.15) is 0 Å². The lowest BCUT2D eigenvalue weighted by Gasteiger charge is -2.21. The highest BCUT2D eigenvalue weighted by Crippen LogP contribution is 2.31. The SMILES string of the molecule is Cc1ccc(-c2cnc(-c3cccc(CN(Cc4ccccn4)Cc4ncccn4)n3)s2)cc1. The lowest BCUT2D eigenvalue weighted by molar-refractivity contribution is 0.235. The second-order valence-electron chi connectivity index (χ2n) is 8.04. The van der Waals surface area contributed by atoms with E-state index in [4.69, 9.17) is 4.98 Å². The molecule has 1 aromatic carbocycles. The fraction of sp³-hybridized carbons (Fsp3) is 0.148. The van der Waals surface area contributed by atoms with Gasteiger partial charge in [-0.1, -0.05) is 42.0 Å². The number of hydrogen-bond acceptors (Lipinski definition) is 7. The molecule has 5 rings (SSSR count). The molecule has 6 nitrogen and oxygen atoms in total. The Morgan fingerprint density at radius 3 is 2.26 bits per heavy atom. The summed E-state index contributed by atoms with van der Waals surface area (Å²) >= 11 is 1.66. The summed E-state index contributed by atoms with van der Waals surface area (Å²) in [6.07, 6.45) is 7.29. The first-order valence-corrected chi connectivity index (χ1v) is 11.9. The zero-order valence-electron chi connectivity index (χ0n) is 18.9. The standard InChI is InChI=1S/C27H24N6S/c1-20-9-11-21(12-10-20)25-16-31-27(34-25)24-8-4-7-23(32-24)18-33(17-22-6-2-3-13-28-22)19-26-29-14-5-15-30-26/h2-16H,17-19H2,1H3. The second kappa shape index (κ2) is 10.4. The maximum absolute atomic E-state index is 4.93. The van der Waals surface area contributed by atoms with Crippen molar-refractivity contribution in [1.82, 2.24) is 29.8 Å². The van der Waals surface area contributed by atoms with Crippen LogP contribution in [0.1, 0.15) is 22.8 Å². The molecular formula is C27H24N6S. The minimum Gasteiger partial charge on any atom is -0.284 e. The zero-order valence-corrected chi connectivity index (χ0v) is 19.7. The van der Waals surface area contributed by atoms with Gasteiger partial charge in [0.15, 0.2) is 0 Å². The van der Waals surface area contributed by atoms with E-state index in [9.17, 15) is 0 Å². The molecule has 0 aliphatic carbocycles. The number of pyridine rings is 2. The van der Waals surface area contributed by atoms with Gasteiger partial charge in [-0.15, -0.1) is 11.3 Å². The van der Waals surface area contributed by atoms with Crippen LogP contribution in [-0.4, -0.2) is 29.8 Å². The smallest absolute Gasteiger partial charge is 0.142 e. The third-order valence-corrected chi connectivity index (χ3v) is 6.42. The molecule has 0 aliphatic rings. The van der Waals surface area contributed by atoms with Gasteiger partial charge in [-0.25, -0.2) is 19.9 Å². The monoisotopic (exact) mass is 464 g/mol. The van der Waals surface area contributed by atoms with Crippen molar-refractivity contribution in [2.45, 2.75) is 26.6 Å². The van der Waals surface area contributed by atoms with Gasteiger partial charge in [0, 0.05) is 37.9 Å². The highest BCUT2D eigenvalue weighted by molar-refractivity contribution is 7.18.